The van der Waals surface area contributed by atoms with E-state index in [0.717, 1.165) is 28.7 Å². The Morgan fingerprint density at radius 2 is 1.85 bits per heavy atom. The Bertz CT molecular complexity index is 882. The first kappa shape index (κ1) is 19.2. The minimum absolute atomic E-state index is 0.0240. The number of carbonyl (C=O) groups is 2. The van der Waals surface area contributed by atoms with Crippen molar-refractivity contribution in [3.05, 3.63) is 58.6 Å². The first-order valence-corrected chi connectivity index (χ1v) is 8.57. The maximum absolute atomic E-state index is 12.9. The minimum Gasteiger partial charge on any atom is -0.326 e. The molecule has 0 spiro atoms. The Morgan fingerprint density at radius 3 is 2.48 bits per heavy atom. The molecule has 142 valence electrons. The summed E-state index contributed by atoms with van der Waals surface area (Å²) < 4.78 is 38.8. The molecular formula is C19H16ClF3N2O2. The van der Waals surface area contributed by atoms with Crippen LogP contribution in [0, 0.1) is 12.8 Å². The number of nitrogens with one attached hydrogen (secondary N) is 1. The summed E-state index contributed by atoms with van der Waals surface area (Å²) in [7, 11) is 0. The maximum atomic E-state index is 12.9. The second-order valence-electron chi connectivity index (χ2n) is 6.42. The van der Waals surface area contributed by atoms with E-state index >= 15 is 0 Å². The number of amides is 2. The number of anilines is 2. The first-order chi connectivity index (χ1) is 12.6. The lowest BCUT2D eigenvalue weighted by Crippen LogP contribution is -2.28. The molecule has 8 heteroatoms. The Balaban J connectivity index is 1.77. The molecule has 3 rings (SSSR count). The molecule has 1 heterocycles. The van der Waals surface area contributed by atoms with Gasteiger partial charge in [-0.05, 0) is 37.3 Å². The summed E-state index contributed by atoms with van der Waals surface area (Å²) in [4.78, 5) is 25.9. The van der Waals surface area contributed by atoms with Crippen LogP contribution in [0.15, 0.2) is 42.5 Å². The van der Waals surface area contributed by atoms with Gasteiger partial charge in [-0.3, -0.25) is 9.59 Å². The lowest BCUT2D eigenvalue weighted by atomic mass is 10.1. The van der Waals surface area contributed by atoms with E-state index in [2.05, 4.69) is 5.32 Å². The van der Waals surface area contributed by atoms with Crippen molar-refractivity contribution >= 4 is 34.8 Å². The van der Waals surface area contributed by atoms with Gasteiger partial charge in [0.1, 0.15) is 0 Å². The van der Waals surface area contributed by atoms with Crippen LogP contribution in [-0.4, -0.2) is 18.4 Å². The van der Waals surface area contributed by atoms with Crippen molar-refractivity contribution in [2.24, 2.45) is 5.92 Å². The quantitative estimate of drug-likeness (QED) is 0.820. The molecule has 2 aromatic carbocycles. The molecule has 1 saturated heterocycles. The van der Waals surface area contributed by atoms with E-state index in [0.29, 0.717) is 5.69 Å². The smallest absolute Gasteiger partial charge is 0.326 e. The van der Waals surface area contributed by atoms with Gasteiger partial charge in [-0.15, -0.1) is 0 Å². The molecule has 1 aliphatic heterocycles. The molecule has 1 N–H and O–H groups in total. The van der Waals surface area contributed by atoms with Gasteiger partial charge < -0.3 is 10.2 Å². The number of benzene rings is 2. The van der Waals surface area contributed by atoms with Crippen LogP contribution in [0.1, 0.15) is 17.5 Å². The van der Waals surface area contributed by atoms with Gasteiger partial charge in [0.2, 0.25) is 11.8 Å². The highest BCUT2D eigenvalue weighted by Gasteiger charge is 2.38. The highest BCUT2D eigenvalue weighted by Crippen LogP contribution is 2.37. The monoisotopic (exact) mass is 396 g/mol. The van der Waals surface area contributed by atoms with Gasteiger partial charge in [0.05, 0.1) is 22.2 Å². The predicted molar refractivity (Wildman–Crippen MR) is 96.7 cm³/mol. The fourth-order valence-corrected chi connectivity index (χ4v) is 3.11. The summed E-state index contributed by atoms with van der Waals surface area (Å²) >= 11 is 6.00. The number of rotatable bonds is 3. The van der Waals surface area contributed by atoms with Gasteiger partial charge in [0, 0.05) is 18.7 Å². The summed E-state index contributed by atoms with van der Waals surface area (Å²) in [5, 5.41) is 2.75. The molecule has 1 atom stereocenters. The SMILES string of the molecule is Cc1ccc(NC(=O)C2CC(=O)N(c3cc(C(F)(F)F)ccc3Cl)C2)cc1. The number of hydrogen-bond acceptors (Lipinski definition) is 2. The molecule has 0 aromatic heterocycles. The van der Waals surface area contributed by atoms with E-state index < -0.39 is 23.6 Å². The lowest BCUT2D eigenvalue weighted by molar-refractivity contribution is -0.137. The third-order valence-electron chi connectivity index (χ3n) is 4.38. The molecule has 1 aliphatic rings. The van der Waals surface area contributed by atoms with E-state index in [-0.39, 0.29) is 29.6 Å². The summed E-state index contributed by atoms with van der Waals surface area (Å²) in [6.07, 6.45) is -4.64. The number of carbonyl (C=O) groups excluding carboxylic acids is 2. The Labute approximate surface area is 158 Å². The molecule has 0 bridgehead atoms. The van der Waals surface area contributed by atoms with Crippen LogP contribution in [0.4, 0.5) is 24.5 Å². The van der Waals surface area contributed by atoms with Gasteiger partial charge in [0.25, 0.3) is 0 Å². The maximum Gasteiger partial charge on any atom is 0.416 e. The van der Waals surface area contributed by atoms with Crippen molar-refractivity contribution in [3.63, 3.8) is 0 Å². The first-order valence-electron chi connectivity index (χ1n) is 8.20. The van der Waals surface area contributed by atoms with E-state index in [9.17, 15) is 22.8 Å². The fraction of sp³-hybridized carbons (Fsp3) is 0.263. The van der Waals surface area contributed by atoms with Crippen LogP contribution < -0.4 is 10.2 Å². The lowest BCUT2D eigenvalue weighted by Gasteiger charge is -2.20. The molecule has 4 nitrogen and oxygen atoms in total. The van der Waals surface area contributed by atoms with E-state index in [4.69, 9.17) is 11.6 Å². The van der Waals surface area contributed by atoms with E-state index in [1.54, 1.807) is 12.1 Å². The Morgan fingerprint density at radius 1 is 1.19 bits per heavy atom. The summed E-state index contributed by atoms with van der Waals surface area (Å²) in [6, 6.07) is 9.95. The second kappa shape index (κ2) is 7.23. The second-order valence-corrected chi connectivity index (χ2v) is 6.83. The number of halogens is 4. The van der Waals surface area contributed by atoms with Crippen LogP contribution in [0.3, 0.4) is 0 Å². The Kier molecular flexibility index (Phi) is 5.15. The van der Waals surface area contributed by atoms with Crippen LogP contribution in [0.5, 0.6) is 0 Å². The largest absolute Gasteiger partial charge is 0.416 e. The highest BCUT2D eigenvalue weighted by molar-refractivity contribution is 6.34. The average Bonchev–Trinajstić information content (AvgIpc) is 2.98. The third kappa shape index (κ3) is 4.24. The zero-order valence-electron chi connectivity index (χ0n) is 14.3. The van der Waals surface area contributed by atoms with Gasteiger partial charge in [-0.1, -0.05) is 29.3 Å². The molecule has 0 radical (unpaired) electrons. The van der Waals surface area contributed by atoms with Crippen molar-refractivity contribution in [2.45, 2.75) is 19.5 Å². The molecule has 27 heavy (non-hydrogen) atoms. The number of nitrogens with zero attached hydrogens (tertiary/aromatic N) is 1. The fourth-order valence-electron chi connectivity index (χ4n) is 2.89. The molecule has 2 aromatic rings. The predicted octanol–water partition coefficient (Wildman–Crippen LogP) is 4.66. The van der Waals surface area contributed by atoms with Gasteiger partial charge in [-0.25, -0.2) is 0 Å². The van der Waals surface area contributed by atoms with Crippen LogP contribution in [0.2, 0.25) is 5.02 Å². The Hall–Kier alpha value is -2.54. The normalized spacial score (nSPS) is 17.3. The molecule has 2 amide bonds. The van der Waals surface area contributed by atoms with E-state index in [1.165, 1.54) is 0 Å². The van der Waals surface area contributed by atoms with Crippen molar-refractivity contribution in [1.82, 2.24) is 0 Å². The molecule has 0 saturated carbocycles. The average molecular weight is 397 g/mol. The number of hydrogen-bond donors (Lipinski definition) is 1. The molecular weight excluding hydrogens is 381 g/mol. The summed E-state index contributed by atoms with van der Waals surface area (Å²) in [6.45, 7) is 1.88. The molecule has 1 fully saturated rings. The highest BCUT2D eigenvalue weighted by atomic mass is 35.5. The van der Waals surface area contributed by atoms with Crippen LogP contribution in [0.25, 0.3) is 0 Å². The standard InChI is InChI=1S/C19H16ClF3N2O2/c1-11-2-5-14(6-3-11)24-18(27)12-8-17(26)25(10-12)16-9-13(19(21,22)23)4-7-15(16)20/h2-7,9,12H,8,10H2,1H3,(H,24,27). The van der Waals surface area contributed by atoms with Gasteiger partial charge in [0.15, 0.2) is 0 Å². The molecule has 0 aliphatic carbocycles. The zero-order chi connectivity index (χ0) is 19.8. The third-order valence-corrected chi connectivity index (χ3v) is 4.70. The van der Waals surface area contributed by atoms with Gasteiger partial charge >= 0.3 is 6.18 Å². The topological polar surface area (TPSA) is 49.4 Å². The minimum atomic E-state index is -4.55. The summed E-state index contributed by atoms with van der Waals surface area (Å²) in [5.74, 6) is -1.48. The zero-order valence-corrected chi connectivity index (χ0v) is 15.1. The number of aryl methyl sites for hydroxylation is 1. The van der Waals surface area contributed by atoms with Crippen molar-refractivity contribution in [2.75, 3.05) is 16.8 Å². The van der Waals surface area contributed by atoms with Gasteiger partial charge in [-0.2, -0.15) is 13.2 Å². The molecule has 1 unspecified atom stereocenters. The van der Waals surface area contributed by atoms with Crippen molar-refractivity contribution < 1.29 is 22.8 Å². The summed E-state index contributed by atoms with van der Waals surface area (Å²) in [5.41, 5.74) is 0.687. The van der Waals surface area contributed by atoms with Crippen molar-refractivity contribution in [1.29, 1.82) is 0 Å². The van der Waals surface area contributed by atoms with E-state index in [1.807, 2.05) is 19.1 Å². The van der Waals surface area contributed by atoms with Crippen LogP contribution >= 0.6 is 11.6 Å². The number of alkyl halides is 3. The van der Waals surface area contributed by atoms with Crippen molar-refractivity contribution in [3.8, 4) is 0 Å². The van der Waals surface area contributed by atoms with Crippen LogP contribution in [-0.2, 0) is 15.8 Å².